The van der Waals surface area contributed by atoms with Crippen LogP contribution in [-0.4, -0.2) is 85.8 Å². The third-order valence-electron chi connectivity index (χ3n) is 12.8. The van der Waals surface area contributed by atoms with Gasteiger partial charge in [0.1, 0.15) is 11.7 Å². The fraction of sp³-hybridized carbons (Fsp3) is 1.00. The summed E-state index contributed by atoms with van der Waals surface area (Å²) in [5.74, 6) is 2.03. The summed E-state index contributed by atoms with van der Waals surface area (Å²) in [6.07, 6.45) is 6.95. The van der Waals surface area contributed by atoms with Crippen LogP contribution >= 0.6 is 0 Å². The van der Waals surface area contributed by atoms with Crippen LogP contribution in [0, 0.1) is 35.5 Å². The van der Waals surface area contributed by atoms with E-state index in [0.717, 1.165) is 51.4 Å². The highest BCUT2D eigenvalue weighted by Gasteiger charge is 2.56. The zero-order valence-electron chi connectivity index (χ0n) is 28.6. The second-order valence-corrected chi connectivity index (χ2v) is 16.7. The minimum absolute atomic E-state index is 0.00384. The summed E-state index contributed by atoms with van der Waals surface area (Å²) in [6.45, 7) is 19.6. The average molecular weight is 621 g/mol. The van der Waals surface area contributed by atoms with E-state index in [0.29, 0.717) is 36.9 Å². The molecule has 0 aromatic heterocycles. The van der Waals surface area contributed by atoms with Gasteiger partial charge in [0.2, 0.25) is 0 Å². The van der Waals surface area contributed by atoms with E-state index in [1.54, 1.807) is 0 Å². The highest BCUT2D eigenvalue weighted by molar-refractivity contribution is 5.02. The van der Waals surface area contributed by atoms with E-state index in [4.69, 9.17) is 37.9 Å². The molecule has 7 aliphatic rings. The summed E-state index contributed by atoms with van der Waals surface area (Å²) in [5, 5.41) is 0. The Morgan fingerprint density at radius 1 is 0.455 bits per heavy atom. The molecule has 7 heterocycles. The summed E-state index contributed by atoms with van der Waals surface area (Å²) < 4.78 is 55.3. The number of fused-ring (bicyclic) bond motifs is 18. The molecule has 8 heteroatoms. The first kappa shape index (κ1) is 32.2. The van der Waals surface area contributed by atoms with Crippen molar-refractivity contribution in [1.82, 2.24) is 0 Å². The van der Waals surface area contributed by atoms with Crippen molar-refractivity contribution in [3.05, 3.63) is 0 Å². The lowest BCUT2D eigenvalue weighted by molar-refractivity contribution is -0.370. The third kappa shape index (κ3) is 5.73. The monoisotopic (exact) mass is 620 g/mol. The van der Waals surface area contributed by atoms with Crippen molar-refractivity contribution >= 4 is 0 Å². The van der Waals surface area contributed by atoms with Gasteiger partial charge in [-0.05, 0) is 88.9 Å². The zero-order chi connectivity index (χ0) is 31.0. The molecule has 12 bridgehead atoms. The van der Waals surface area contributed by atoms with Crippen LogP contribution in [0.25, 0.3) is 0 Å². The summed E-state index contributed by atoms with van der Waals surface area (Å²) in [6, 6.07) is 0. The molecule has 0 spiro atoms. The van der Waals surface area contributed by atoms with E-state index >= 15 is 0 Å². The minimum atomic E-state index is -0.568. The largest absolute Gasteiger partial charge is 0.369 e. The molecule has 0 aliphatic carbocycles. The quantitative estimate of drug-likeness (QED) is 0.294. The molecule has 7 aliphatic heterocycles. The molecule has 7 rings (SSSR count). The molecule has 44 heavy (non-hydrogen) atoms. The topological polar surface area (TPSA) is 73.8 Å². The number of ether oxygens (including phenoxy) is 8. The molecule has 0 amide bonds. The van der Waals surface area contributed by atoms with Gasteiger partial charge < -0.3 is 37.9 Å². The van der Waals surface area contributed by atoms with Crippen LogP contribution in [0.4, 0.5) is 0 Å². The molecule has 7 saturated heterocycles. The summed E-state index contributed by atoms with van der Waals surface area (Å²) in [4.78, 5) is 0. The SMILES string of the molecule is C[C@@H]1CO[C@@H]2O[C@H]1[C@H]1CC[C@H](C)[C@H](O1)[C@H]1O[C@](C)(CC[C@@H]1C)[C@@H]1O[C@@H](OC[C@H]1C)[C@]1(C)CC[C@@H](C)[C@@H](O1)[C@@H]1O[C@H]2CC[C@H]1C. The molecule has 18 atom stereocenters. The number of hydrogen-bond acceptors (Lipinski definition) is 8. The van der Waals surface area contributed by atoms with E-state index < -0.39 is 23.8 Å². The van der Waals surface area contributed by atoms with Gasteiger partial charge in [0.25, 0.3) is 0 Å². The Balaban J connectivity index is 1.25. The Morgan fingerprint density at radius 2 is 1.00 bits per heavy atom. The molecule has 0 saturated carbocycles. The van der Waals surface area contributed by atoms with Gasteiger partial charge in [-0.25, -0.2) is 0 Å². The molecule has 0 N–H and O–H groups in total. The molecule has 0 aromatic carbocycles. The van der Waals surface area contributed by atoms with Gasteiger partial charge in [0.15, 0.2) is 12.6 Å². The van der Waals surface area contributed by atoms with E-state index in [9.17, 15) is 0 Å². The van der Waals surface area contributed by atoms with Gasteiger partial charge in [-0.15, -0.1) is 0 Å². The Hall–Kier alpha value is -0.320. The average Bonchev–Trinajstić information content (AvgIpc) is 3.01. The van der Waals surface area contributed by atoms with Gasteiger partial charge in [0, 0.05) is 11.8 Å². The van der Waals surface area contributed by atoms with Crippen molar-refractivity contribution in [2.24, 2.45) is 35.5 Å². The van der Waals surface area contributed by atoms with E-state index in [2.05, 4.69) is 55.4 Å². The van der Waals surface area contributed by atoms with Crippen LogP contribution in [0.2, 0.25) is 0 Å². The van der Waals surface area contributed by atoms with Crippen LogP contribution in [0.1, 0.15) is 107 Å². The van der Waals surface area contributed by atoms with Crippen molar-refractivity contribution < 1.29 is 37.9 Å². The van der Waals surface area contributed by atoms with Gasteiger partial charge in [-0.3, -0.25) is 0 Å². The zero-order valence-corrected chi connectivity index (χ0v) is 28.6. The molecule has 7 fully saturated rings. The van der Waals surface area contributed by atoms with Crippen LogP contribution < -0.4 is 0 Å². The molecule has 0 aromatic rings. The first-order valence-corrected chi connectivity index (χ1v) is 18.2. The Kier molecular flexibility index (Phi) is 9.00. The van der Waals surface area contributed by atoms with Gasteiger partial charge in [-0.2, -0.15) is 0 Å². The Labute approximate surface area is 265 Å². The van der Waals surface area contributed by atoms with Gasteiger partial charge in [-0.1, -0.05) is 41.5 Å². The fourth-order valence-electron chi connectivity index (χ4n) is 9.75. The molecule has 0 unspecified atom stereocenters. The van der Waals surface area contributed by atoms with E-state index in [1.807, 2.05) is 0 Å². The number of rotatable bonds is 0. The first-order chi connectivity index (χ1) is 21.0. The first-order valence-electron chi connectivity index (χ1n) is 18.2. The standard InChI is InChI=1S/C36H60O8/c1-19-9-11-25-27-23(5)17-37-33(41-27)26-12-10-20(2)29(40-26)31-22(4)14-16-36(8,44-31)34-38-18-24(6)32(42-34)35(7)15-13-21(3)30(43-35)28(19)39-25/h19-34H,9-18H2,1-8H3/t19-,20+,21-,22+,23+,24+,25+,26-,27+,28-,29+,30-,31+,32+,33+,34+,35+,36-/m0/s1. The smallest absolute Gasteiger partial charge is 0.186 e. The summed E-state index contributed by atoms with van der Waals surface area (Å²) >= 11 is 0. The lowest BCUT2D eigenvalue weighted by Gasteiger charge is -2.56. The summed E-state index contributed by atoms with van der Waals surface area (Å²) in [7, 11) is 0. The van der Waals surface area contributed by atoms with Crippen LogP contribution in [-0.2, 0) is 37.9 Å². The minimum Gasteiger partial charge on any atom is -0.369 e. The Morgan fingerprint density at radius 3 is 1.68 bits per heavy atom. The maximum atomic E-state index is 7.27. The van der Waals surface area contributed by atoms with Crippen molar-refractivity contribution in [1.29, 1.82) is 0 Å². The maximum Gasteiger partial charge on any atom is 0.186 e. The lowest BCUT2D eigenvalue weighted by atomic mass is 9.75. The Bertz CT molecular complexity index is 1010. The highest BCUT2D eigenvalue weighted by atomic mass is 16.7. The fourth-order valence-corrected chi connectivity index (χ4v) is 9.75. The predicted octanol–water partition coefficient (Wildman–Crippen LogP) is 6.27. The van der Waals surface area contributed by atoms with Gasteiger partial charge >= 0.3 is 0 Å². The molecular weight excluding hydrogens is 560 g/mol. The molecular formula is C36H60O8. The second-order valence-electron chi connectivity index (χ2n) is 16.7. The molecule has 8 nitrogen and oxygen atoms in total. The highest BCUT2D eigenvalue weighted by Crippen LogP contribution is 2.48. The molecule has 0 radical (unpaired) electrons. The van der Waals surface area contributed by atoms with Crippen LogP contribution in [0.3, 0.4) is 0 Å². The molecule has 252 valence electrons. The van der Waals surface area contributed by atoms with Crippen molar-refractivity contribution in [3.8, 4) is 0 Å². The third-order valence-corrected chi connectivity index (χ3v) is 12.8. The van der Waals surface area contributed by atoms with E-state index in [-0.39, 0.29) is 60.7 Å². The van der Waals surface area contributed by atoms with Crippen LogP contribution in [0.5, 0.6) is 0 Å². The normalized spacial score (nSPS) is 58.4. The summed E-state index contributed by atoms with van der Waals surface area (Å²) in [5.41, 5.74) is -0.999. The number of hydrogen-bond donors (Lipinski definition) is 0. The predicted molar refractivity (Wildman–Crippen MR) is 165 cm³/mol. The van der Waals surface area contributed by atoms with Crippen molar-refractivity contribution in [2.45, 2.75) is 179 Å². The lowest BCUT2D eigenvalue weighted by Crippen LogP contribution is -2.65. The van der Waals surface area contributed by atoms with Crippen LogP contribution in [0.15, 0.2) is 0 Å². The maximum absolute atomic E-state index is 7.27. The second kappa shape index (κ2) is 12.3. The van der Waals surface area contributed by atoms with Crippen molar-refractivity contribution in [3.63, 3.8) is 0 Å². The van der Waals surface area contributed by atoms with Gasteiger partial charge in [0.05, 0.1) is 61.5 Å². The van der Waals surface area contributed by atoms with E-state index in [1.165, 1.54) is 0 Å². The van der Waals surface area contributed by atoms with Crippen molar-refractivity contribution in [2.75, 3.05) is 13.2 Å².